The Morgan fingerprint density at radius 1 is 0.339 bits per heavy atom. The average Bonchev–Trinajstić information content (AvgIpc) is 3.28. The third-order valence-corrected chi connectivity index (χ3v) is 13.8. The number of rotatable bonds is 53. The lowest BCUT2D eigenvalue weighted by Gasteiger charge is -2.27. The van der Waals surface area contributed by atoms with Crippen LogP contribution in [-0.2, 0) is 4.79 Å². The van der Waals surface area contributed by atoms with E-state index in [0.717, 1.165) is 38.5 Å². The van der Waals surface area contributed by atoms with Gasteiger partial charge in [0.25, 0.3) is 0 Å². The molecule has 0 radical (unpaired) electrons. The van der Waals surface area contributed by atoms with Crippen molar-refractivity contribution >= 4 is 5.91 Å². The number of amides is 1. The van der Waals surface area contributed by atoms with E-state index in [1.807, 2.05) is 0 Å². The third-order valence-electron chi connectivity index (χ3n) is 13.8. The van der Waals surface area contributed by atoms with Crippen molar-refractivity contribution in [3.63, 3.8) is 0 Å². The average molecular weight is 881 g/mol. The Labute approximate surface area is 388 Å². The molecule has 4 unspecified atom stereocenters. The molecule has 0 aromatic carbocycles. The third kappa shape index (κ3) is 44.5. The molecule has 372 valence electrons. The Kier molecular flexibility index (Phi) is 50.7. The van der Waals surface area contributed by atoms with Crippen LogP contribution in [0.2, 0.25) is 0 Å². The van der Waals surface area contributed by atoms with Gasteiger partial charge in [0.05, 0.1) is 18.8 Å². The highest BCUT2D eigenvalue weighted by Crippen LogP contribution is 2.19. The van der Waals surface area contributed by atoms with E-state index < -0.39 is 36.9 Å². The molecule has 6 heteroatoms. The molecule has 4 atom stereocenters. The Bertz CT molecular complexity index is 856. The Morgan fingerprint density at radius 2 is 0.548 bits per heavy atom. The van der Waals surface area contributed by atoms with Gasteiger partial charge in [-0.1, -0.05) is 309 Å². The van der Waals surface area contributed by atoms with Gasteiger partial charge in [0.1, 0.15) is 12.2 Å². The molecule has 0 aliphatic carbocycles. The number of carbonyl (C=O) groups excluding carboxylic acids is 1. The first-order chi connectivity index (χ1) is 30.5. The van der Waals surface area contributed by atoms with Gasteiger partial charge in [0.2, 0.25) is 5.91 Å². The maximum atomic E-state index is 12.6. The van der Waals surface area contributed by atoms with Crippen LogP contribution in [-0.4, -0.2) is 57.3 Å². The maximum absolute atomic E-state index is 12.6. The van der Waals surface area contributed by atoms with Gasteiger partial charge in [-0.15, -0.1) is 0 Å². The predicted molar refractivity (Wildman–Crippen MR) is 270 cm³/mol. The van der Waals surface area contributed by atoms with Crippen molar-refractivity contribution in [2.45, 2.75) is 346 Å². The first kappa shape index (κ1) is 61.3. The summed E-state index contributed by atoms with van der Waals surface area (Å²) < 4.78 is 0. The number of unbranched alkanes of at least 4 members (excludes halogenated alkanes) is 44. The van der Waals surface area contributed by atoms with Gasteiger partial charge in [-0.05, 0) is 12.8 Å². The van der Waals surface area contributed by atoms with E-state index >= 15 is 0 Å². The van der Waals surface area contributed by atoms with Gasteiger partial charge in [0.15, 0.2) is 0 Å². The Balaban J connectivity index is 3.57. The summed E-state index contributed by atoms with van der Waals surface area (Å²) >= 11 is 0. The van der Waals surface area contributed by atoms with Crippen LogP contribution in [0.1, 0.15) is 322 Å². The van der Waals surface area contributed by atoms with Gasteiger partial charge in [-0.2, -0.15) is 0 Å². The lowest BCUT2D eigenvalue weighted by atomic mass is 9.99. The molecule has 0 aliphatic heterocycles. The second kappa shape index (κ2) is 51.3. The minimum absolute atomic E-state index is 0.376. The number of nitrogens with one attached hydrogen (secondary N) is 1. The molecule has 5 N–H and O–H groups in total. The highest BCUT2D eigenvalue weighted by molar-refractivity contribution is 5.80. The number of aliphatic hydroxyl groups excluding tert-OH is 4. The molecule has 0 bridgehead atoms. The van der Waals surface area contributed by atoms with Gasteiger partial charge in [-0.3, -0.25) is 4.79 Å². The molecule has 0 aromatic rings. The molecule has 0 spiro atoms. The molecule has 6 nitrogen and oxygen atoms in total. The summed E-state index contributed by atoms with van der Waals surface area (Å²) in [7, 11) is 0. The first-order valence-corrected chi connectivity index (χ1v) is 28.4. The fourth-order valence-electron chi connectivity index (χ4n) is 9.35. The van der Waals surface area contributed by atoms with Crippen molar-refractivity contribution in [3.05, 3.63) is 0 Å². The number of carbonyl (C=O) groups is 1. The summed E-state index contributed by atoms with van der Waals surface area (Å²) in [5.74, 6) is -0.576. The Morgan fingerprint density at radius 3 is 0.774 bits per heavy atom. The number of hydrogen-bond donors (Lipinski definition) is 5. The predicted octanol–water partition coefficient (Wildman–Crippen LogP) is 16.3. The van der Waals surface area contributed by atoms with E-state index in [0.29, 0.717) is 12.8 Å². The topological polar surface area (TPSA) is 110 Å². The van der Waals surface area contributed by atoms with Crippen LogP contribution in [0, 0.1) is 0 Å². The van der Waals surface area contributed by atoms with E-state index in [9.17, 15) is 25.2 Å². The SMILES string of the molecule is CCCCCCCCCCCCCCCCCCCCCCCCCCCCCC(O)C(O)C(CO)NC(=O)C(O)CCCCCCCCCCCCCCCCCCCCC. The normalized spacial score (nSPS) is 13.7. The van der Waals surface area contributed by atoms with Crippen LogP contribution in [0.3, 0.4) is 0 Å². The zero-order valence-corrected chi connectivity index (χ0v) is 42.2. The second-order valence-corrected chi connectivity index (χ2v) is 20.0. The van der Waals surface area contributed by atoms with Crippen molar-refractivity contribution in [1.82, 2.24) is 5.32 Å². The second-order valence-electron chi connectivity index (χ2n) is 20.0. The minimum atomic E-state index is -1.25. The molecule has 0 aliphatic rings. The van der Waals surface area contributed by atoms with E-state index in [4.69, 9.17) is 0 Å². The maximum Gasteiger partial charge on any atom is 0.249 e. The molecule has 0 fully saturated rings. The molecule has 1 amide bonds. The van der Waals surface area contributed by atoms with Crippen molar-refractivity contribution < 1.29 is 25.2 Å². The fourth-order valence-corrected chi connectivity index (χ4v) is 9.35. The minimum Gasteiger partial charge on any atom is -0.394 e. The lowest BCUT2D eigenvalue weighted by Crippen LogP contribution is -2.53. The smallest absolute Gasteiger partial charge is 0.249 e. The molecule has 0 heterocycles. The fraction of sp³-hybridized carbons (Fsp3) is 0.982. The summed E-state index contributed by atoms with van der Waals surface area (Å²) in [6.45, 7) is 4.10. The summed E-state index contributed by atoms with van der Waals surface area (Å²) in [5, 5.41) is 44.0. The van der Waals surface area contributed by atoms with Crippen LogP contribution in [0.25, 0.3) is 0 Å². The highest BCUT2D eigenvalue weighted by atomic mass is 16.3. The van der Waals surface area contributed by atoms with Crippen molar-refractivity contribution in [3.8, 4) is 0 Å². The summed E-state index contributed by atoms with van der Waals surface area (Å²) in [4.78, 5) is 12.6. The van der Waals surface area contributed by atoms with Crippen LogP contribution in [0.4, 0.5) is 0 Å². The molecule has 0 saturated heterocycles. The molecule has 0 rings (SSSR count). The molecule has 0 saturated carbocycles. The van der Waals surface area contributed by atoms with Crippen LogP contribution < -0.4 is 5.32 Å². The van der Waals surface area contributed by atoms with Gasteiger partial charge in [-0.25, -0.2) is 0 Å². The van der Waals surface area contributed by atoms with E-state index in [2.05, 4.69) is 19.2 Å². The van der Waals surface area contributed by atoms with E-state index in [-0.39, 0.29) is 0 Å². The highest BCUT2D eigenvalue weighted by Gasteiger charge is 2.28. The monoisotopic (exact) mass is 880 g/mol. The number of hydrogen-bond acceptors (Lipinski definition) is 5. The largest absolute Gasteiger partial charge is 0.394 e. The van der Waals surface area contributed by atoms with Crippen LogP contribution >= 0.6 is 0 Å². The lowest BCUT2D eigenvalue weighted by molar-refractivity contribution is -0.132. The van der Waals surface area contributed by atoms with Gasteiger partial charge >= 0.3 is 0 Å². The van der Waals surface area contributed by atoms with Crippen molar-refractivity contribution in [2.75, 3.05) is 6.61 Å². The summed E-state index contributed by atoms with van der Waals surface area (Å²) in [6, 6.07) is -0.980. The summed E-state index contributed by atoms with van der Waals surface area (Å²) in [6.07, 6.45) is 58.9. The molecule has 0 aromatic heterocycles. The number of aliphatic hydroxyl groups is 4. The molecular weight excluding hydrogens is 767 g/mol. The van der Waals surface area contributed by atoms with Gasteiger partial charge in [0, 0.05) is 0 Å². The standard InChI is InChI=1S/C56H113NO5/c1-3-5-7-9-11-13-15-17-19-21-23-24-25-26-27-28-29-30-32-33-35-37-39-41-43-45-47-49-53(59)55(61)52(51-58)57-56(62)54(60)50-48-46-44-42-40-38-36-34-31-22-20-18-16-14-12-10-8-6-4-2/h52-55,58-61H,3-51H2,1-2H3,(H,57,62). The summed E-state index contributed by atoms with van der Waals surface area (Å²) in [5.41, 5.74) is 0. The zero-order valence-electron chi connectivity index (χ0n) is 42.2. The van der Waals surface area contributed by atoms with E-state index in [1.165, 1.54) is 257 Å². The van der Waals surface area contributed by atoms with Crippen LogP contribution in [0.5, 0.6) is 0 Å². The molecule has 62 heavy (non-hydrogen) atoms. The quantitative estimate of drug-likeness (QED) is 0.0391. The molecular formula is C56H113NO5. The van der Waals surface area contributed by atoms with Crippen molar-refractivity contribution in [1.29, 1.82) is 0 Å². The van der Waals surface area contributed by atoms with Crippen LogP contribution in [0.15, 0.2) is 0 Å². The van der Waals surface area contributed by atoms with E-state index in [1.54, 1.807) is 0 Å². The zero-order chi connectivity index (χ0) is 45.2. The Hall–Kier alpha value is -0.690. The van der Waals surface area contributed by atoms with Crippen molar-refractivity contribution in [2.24, 2.45) is 0 Å². The van der Waals surface area contributed by atoms with Gasteiger partial charge < -0.3 is 25.7 Å². The first-order valence-electron chi connectivity index (χ1n) is 28.4.